The summed E-state index contributed by atoms with van der Waals surface area (Å²) < 4.78 is 0. The average Bonchev–Trinajstić information content (AvgIpc) is 2.37. The third-order valence-corrected chi connectivity index (χ3v) is 5.26. The monoisotopic (exact) mass is 263 g/mol. The van der Waals surface area contributed by atoms with Crippen molar-refractivity contribution in [3.05, 3.63) is 29.8 Å². The highest BCUT2D eigenvalue weighted by Gasteiger charge is 2.18. The van der Waals surface area contributed by atoms with Gasteiger partial charge >= 0.3 is 0 Å². The van der Waals surface area contributed by atoms with Crippen LogP contribution in [0.3, 0.4) is 0 Å². The van der Waals surface area contributed by atoms with Gasteiger partial charge in [-0.1, -0.05) is 31.9 Å². The molecular formula is C16H25NS. The van der Waals surface area contributed by atoms with E-state index in [-0.39, 0.29) is 0 Å². The summed E-state index contributed by atoms with van der Waals surface area (Å²) in [5.41, 5.74) is 7.97. The Balaban J connectivity index is 1.62. The summed E-state index contributed by atoms with van der Waals surface area (Å²) in [5.74, 6) is 2.26. The molecule has 1 aliphatic rings. The van der Waals surface area contributed by atoms with Crippen molar-refractivity contribution in [1.82, 2.24) is 0 Å². The minimum atomic E-state index is 0.865. The fourth-order valence-electron chi connectivity index (χ4n) is 2.74. The Kier molecular flexibility index (Phi) is 5.43. The van der Waals surface area contributed by atoms with Crippen molar-refractivity contribution >= 4 is 17.4 Å². The highest BCUT2D eigenvalue weighted by atomic mass is 32.2. The minimum Gasteiger partial charge on any atom is -0.399 e. The number of hydrogen-bond donors (Lipinski definition) is 1. The average molecular weight is 263 g/mol. The van der Waals surface area contributed by atoms with E-state index in [0.29, 0.717) is 0 Å². The molecule has 1 aromatic carbocycles. The van der Waals surface area contributed by atoms with Crippen LogP contribution in [-0.4, -0.2) is 11.0 Å². The second-order valence-corrected chi connectivity index (χ2v) is 7.02. The second-order valence-electron chi connectivity index (χ2n) is 5.61. The fraction of sp³-hybridized carbons (Fsp3) is 0.625. The fourth-order valence-corrected chi connectivity index (χ4v) is 4.18. The number of anilines is 1. The summed E-state index contributed by atoms with van der Waals surface area (Å²) in [7, 11) is 0. The molecule has 1 saturated carbocycles. The van der Waals surface area contributed by atoms with Crippen LogP contribution >= 0.6 is 11.8 Å². The number of hydrogen-bond acceptors (Lipinski definition) is 2. The molecule has 0 saturated heterocycles. The number of nitrogen functional groups attached to an aromatic ring is 1. The van der Waals surface area contributed by atoms with E-state index in [1.807, 2.05) is 12.1 Å². The Bertz CT molecular complexity index is 347. The quantitative estimate of drug-likeness (QED) is 0.624. The number of benzene rings is 1. The lowest BCUT2D eigenvalue weighted by Gasteiger charge is -2.26. The third-order valence-electron chi connectivity index (χ3n) is 3.83. The first-order valence-corrected chi connectivity index (χ1v) is 8.25. The zero-order valence-electron chi connectivity index (χ0n) is 11.4. The van der Waals surface area contributed by atoms with Gasteiger partial charge in [0.05, 0.1) is 0 Å². The van der Waals surface area contributed by atoms with Gasteiger partial charge in [-0.2, -0.15) is 11.8 Å². The van der Waals surface area contributed by atoms with Crippen LogP contribution in [0.1, 0.15) is 44.6 Å². The minimum absolute atomic E-state index is 0.865. The van der Waals surface area contributed by atoms with Gasteiger partial charge in [-0.15, -0.1) is 0 Å². The first-order valence-electron chi connectivity index (χ1n) is 7.20. The first kappa shape index (κ1) is 13.8. The Morgan fingerprint density at radius 1 is 1.22 bits per heavy atom. The van der Waals surface area contributed by atoms with E-state index < -0.39 is 0 Å². The van der Waals surface area contributed by atoms with Crippen LogP contribution in [0.15, 0.2) is 24.3 Å². The number of rotatable bonds is 5. The molecule has 1 fully saturated rings. The SMILES string of the molecule is CC1CCCC(SCCCc2ccc(N)cc2)C1. The molecule has 0 spiro atoms. The van der Waals surface area contributed by atoms with Crippen LogP contribution in [0.5, 0.6) is 0 Å². The van der Waals surface area contributed by atoms with Crippen molar-refractivity contribution in [2.24, 2.45) is 5.92 Å². The van der Waals surface area contributed by atoms with Crippen LogP contribution < -0.4 is 5.73 Å². The molecule has 100 valence electrons. The Morgan fingerprint density at radius 3 is 2.72 bits per heavy atom. The van der Waals surface area contributed by atoms with Crippen LogP contribution in [0.4, 0.5) is 5.69 Å². The van der Waals surface area contributed by atoms with Crippen molar-refractivity contribution < 1.29 is 0 Å². The molecular weight excluding hydrogens is 238 g/mol. The molecule has 0 aliphatic heterocycles. The summed E-state index contributed by atoms with van der Waals surface area (Å²) in [6.07, 6.45) is 8.25. The molecule has 0 radical (unpaired) electrons. The molecule has 2 unspecified atom stereocenters. The smallest absolute Gasteiger partial charge is 0.0314 e. The van der Waals surface area contributed by atoms with Gasteiger partial charge in [0, 0.05) is 10.9 Å². The van der Waals surface area contributed by atoms with Crippen molar-refractivity contribution in [2.75, 3.05) is 11.5 Å². The van der Waals surface area contributed by atoms with E-state index in [4.69, 9.17) is 5.73 Å². The molecule has 1 aromatic rings. The van der Waals surface area contributed by atoms with Crippen molar-refractivity contribution in [2.45, 2.75) is 50.7 Å². The van der Waals surface area contributed by atoms with E-state index in [1.165, 1.54) is 49.8 Å². The lowest BCUT2D eigenvalue weighted by molar-refractivity contribution is 0.394. The molecule has 2 N–H and O–H groups in total. The largest absolute Gasteiger partial charge is 0.399 e. The van der Waals surface area contributed by atoms with Crippen LogP contribution in [0, 0.1) is 5.92 Å². The normalized spacial score (nSPS) is 24.1. The summed E-state index contributed by atoms with van der Waals surface area (Å²) in [6, 6.07) is 8.32. The van der Waals surface area contributed by atoms with Crippen molar-refractivity contribution in [3.63, 3.8) is 0 Å². The molecule has 0 amide bonds. The first-order chi connectivity index (χ1) is 8.74. The molecule has 0 heterocycles. The predicted octanol–water partition coefficient (Wildman–Crippen LogP) is 4.51. The third kappa shape index (κ3) is 4.56. The maximum absolute atomic E-state index is 5.69. The number of nitrogens with two attached hydrogens (primary N) is 1. The van der Waals surface area contributed by atoms with Gasteiger partial charge in [0.25, 0.3) is 0 Å². The van der Waals surface area contributed by atoms with Gasteiger partial charge in [0.1, 0.15) is 0 Å². The summed E-state index contributed by atoms with van der Waals surface area (Å²) in [4.78, 5) is 0. The molecule has 0 aromatic heterocycles. The van der Waals surface area contributed by atoms with Gasteiger partial charge in [-0.25, -0.2) is 0 Å². The molecule has 2 atom stereocenters. The summed E-state index contributed by atoms with van der Waals surface area (Å²) in [5, 5.41) is 0.931. The Hall–Kier alpha value is -0.630. The lowest BCUT2D eigenvalue weighted by atomic mass is 9.91. The molecule has 1 aliphatic carbocycles. The molecule has 0 bridgehead atoms. The zero-order valence-corrected chi connectivity index (χ0v) is 12.2. The van der Waals surface area contributed by atoms with Crippen molar-refractivity contribution in [1.29, 1.82) is 0 Å². The van der Waals surface area contributed by atoms with Gasteiger partial charge in [-0.3, -0.25) is 0 Å². The van der Waals surface area contributed by atoms with E-state index in [2.05, 4.69) is 30.8 Å². The highest BCUT2D eigenvalue weighted by Crippen LogP contribution is 2.32. The topological polar surface area (TPSA) is 26.0 Å². The molecule has 2 rings (SSSR count). The lowest BCUT2D eigenvalue weighted by Crippen LogP contribution is -2.15. The van der Waals surface area contributed by atoms with E-state index in [0.717, 1.165) is 16.9 Å². The molecule has 2 heteroatoms. The Morgan fingerprint density at radius 2 is 2.00 bits per heavy atom. The predicted molar refractivity (Wildman–Crippen MR) is 83.1 cm³/mol. The van der Waals surface area contributed by atoms with Crippen LogP contribution in [0.2, 0.25) is 0 Å². The van der Waals surface area contributed by atoms with E-state index in [1.54, 1.807) is 0 Å². The van der Waals surface area contributed by atoms with Gasteiger partial charge in [0.2, 0.25) is 0 Å². The second kappa shape index (κ2) is 7.08. The Labute approximate surface area is 116 Å². The highest BCUT2D eigenvalue weighted by molar-refractivity contribution is 7.99. The van der Waals surface area contributed by atoms with Crippen molar-refractivity contribution in [3.8, 4) is 0 Å². The number of aryl methyl sites for hydroxylation is 1. The molecule has 1 nitrogen and oxygen atoms in total. The summed E-state index contributed by atoms with van der Waals surface area (Å²) >= 11 is 2.20. The van der Waals surface area contributed by atoms with Gasteiger partial charge < -0.3 is 5.73 Å². The maximum atomic E-state index is 5.69. The van der Waals surface area contributed by atoms with Gasteiger partial charge in [-0.05, 0) is 55.1 Å². The van der Waals surface area contributed by atoms with Gasteiger partial charge in [0.15, 0.2) is 0 Å². The standard InChI is InChI=1S/C16H25NS/c1-13-4-2-6-16(12-13)18-11-3-5-14-7-9-15(17)10-8-14/h7-10,13,16H,2-6,11-12,17H2,1H3. The van der Waals surface area contributed by atoms with E-state index in [9.17, 15) is 0 Å². The summed E-state index contributed by atoms with van der Waals surface area (Å²) in [6.45, 7) is 2.40. The number of thioether (sulfide) groups is 1. The maximum Gasteiger partial charge on any atom is 0.0314 e. The van der Waals surface area contributed by atoms with E-state index >= 15 is 0 Å². The van der Waals surface area contributed by atoms with Crippen LogP contribution in [-0.2, 0) is 6.42 Å². The molecule has 18 heavy (non-hydrogen) atoms. The zero-order chi connectivity index (χ0) is 12.8. The van der Waals surface area contributed by atoms with Crippen LogP contribution in [0.25, 0.3) is 0 Å².